The number of methoxy groups -OCH3 is 1. The first-order valence-corrected chi connectivity index (χ1v) is 10.3. The minimum atomic E-state index is -0.659. The molecule has 1 saturated heterocycles. The second-order valence-corrected chi connectivity index (χ2v) is 8.47. The second kappa shape index (κ2) is 9.24. The van der Waals surface area contributed by atoms with Crippen LogP contribution in [0.25, 0.3) is 10.8 Å². The summed E-state index contributed by atoms with van der Waals surface area (Å²) in [4.78, 5) is 41.0. The van der Waals surface area contributed by atoms with Crippen LogP contribution in [-0.2, 0) is 9.47 Å². The van der Waals surface area contributed by atoms with Gasteiger partial charge >= 0.3 is 12.2 Å². The van der Waals surface area contributed by atoms with Gasteiger partial charge in [0.05, 0.1) is 18.4 Å². The number of nitrogens with one attached hydrogen (secondary N) is 1. The van der Waals surface area contributed by atoms with E-state index in [0.717, 1.165) is 10.8 Å². The van der Waals surface area contributed by atoms with Crippen LogP contribution in [0.1, 0.15) is 37.6 Å². The number of ether oxygens (including phenoxy) is 2. The van der Waals surface area contributed by atoms with Gasteiger partial charge in [0.2, 0.25) is 0 Å². The van der Waals surface area contributed by atoms with Crippen LogP contribution >= 0.6 is 0 Å². The van der Waals surface area contributed by atoms with Crippen molar-refractivity contribution >= 4 is 34.6 Å². The van der Waals surface area contributed by atoms with Crippen molar-refractivity contribution in [3.8, 4) is 0 Å². The fraction of sp³-hybridized carbons (Fsp3) is 0.435. The molecule has 31 heavy (non-hydrogen) atoms. The van der Waals surface area contributed by atoms with Crippen LogP contribution in [0, 0.1) is 0 Å². The molecule has 0 saturated carbocycles. The van der Waals surface area contributed by atoms with Gasteiger partial charge in [-0.2, -0.15) is 0 Å². The summed E-state index contributed by atoms with van der Waals surface area (Å²) in [5.74, 6) is -0.205. The minimum Gasteiger partial charge on any atom is -0.453 e. The Morgan fingerprint density at radius 3 is 2.19 bits per heavy atom. The third kappa shape index (κ3) is 5.65. The summed E-state index contributed by atoms with van der Waals surface area (Å²) in [6, 6.07) is 11.2. The summed E-state index contributed by atoms with van der Waals surface area (Å²) in [6.45, 7) is 7.14. The third-order valence-corrected chi connectivity index (χ3v) is 4.97. The van der Waals surface area contributed by atoms with Crippen molar-refractivity contribution in [2.24, 2.45) is 0 Å². The lowest BCUT2D eigenvalue weighted by atomic mass is 10.0. The van der Waals surface area contributed by atoms with Crippen LogP contribution in [0.3, 0.4) is 0 Å². The van der Waals surface area contributed by atoms with Gasteiger partial charge in [-0.1, -0.05) is 24.3 Å². The molecule has 0 aromatic heterocycles. The van der Waals surface area contributed by atoms with Crippen molar-refractivity contribution in [1.82, 2.24) is 9.80 Å². The number of carbonyl (C=O) groups is 3. The van der Waals surface area contributed by atoms with Gasteiger partial charge in [0, 0.05) is 26.2 Å². The van der Waals surface area contributed by atoms with Gasteiger partial charge in [0.25, 0.3) is 5.91 Å². The van der Waals surface area contributed by atoms with Gasteiger partial charge in [-0.05, 0) is 50.1 Å². The van der Waals surface area contributed by atoms with E-state index >= 15 is 0 Å². The molecule has 1 fully saturated rings. The molecule has 2 aromatic carbocycles. The molecule has 0 aliphatic carbocycles. The van der Waals surface area contributed by atoms with Crippen LogP contribution in [0.4, 0.5) is 15.3 Å². The highest BCUT2D eigenvalue weighted by molar-refractivity contribution is 6.07. The number of fused-ring (bicyclic) bond motifs is 1. The average molecular weight is 428 g/mol. The molecule has 8 nitrogen and oxygen atoms in total. The summed E-state index contributed by atoms with van der Waals surface area (Å²) >= 11 is 0. The molecule has 1 N–H and O–H groups in total. The van der Waals surface area contributed by atoms with Crippen molar-refractivity contribution in [3.05, 3.63) is 42.0 Å². The van der Waals surface area contributed by atoms with Crippen molar-refractivity contribution < 1.29 is 23.9 Å². The van der Waals surface area contributed by atoms with Crippen LogP contribution < -0.4 is 5.32 Å². The number of benzene rings is 2. The van der Waals surface area contributed by atoms with E-state index < -0.39 is 17.8 Å². The van der Waals surface area contributed by atoms with Gasteiger partial charge in [-0.15, -0.1) is 0 Å². The van der Waals surface area contributed by atoms with Gasteiger partial charge in [-0.3, -0.25) is 10.1 Å². The molecular weight excluding hydrogens is 398 g/mol. The van der Waals surface area contributed by atoms with E-state index in [9.17, 15) is 14.4 Å². The molecule has 166 valence electrons. The van der Waals surface area contributed by atoms with E-state index in [-0.39, 0.29) is 5.91 Å². The first-order valence-electron chi connectivity index (χ1n) is 10.3. The average Bonchev–Trinajstić information content (AvgIpc) is 2.97. The molecule has 0 radical (unpaired) electrons. The molecule has 8 heteroatoms. The predicted octanol–water partition coefficient (Wildman–Crippen LogP) is 4.10. The third-order valence-electron chi connectivity index (χ3n) is 4.97. The van der Waals surface area contributed by atoms with Crippen LogP contribution in [0.15, 0.2) is 36.4 Å². The molecule has 2 aromatic rings. The summed E-state index contributed by atoms with van der Waals surface area (Å²) in [7, 11) is 1.35. The van der Waals surface area contributed by atoms with Crippen LogP contribution in [-0.4, -0.2) is 66.8 Å². The first-order chi connectivity index (χ1) is 14.7. The van der Waals surface area contributed by atoms with E-state index in [1.807, 2.05) is 24.3 Å². The molecule has 0 atom stereocenters. The molecule has 1 aliphatic heterocycles. The Labute approximate surface area is 182 Å². The molecule has 0 spiro atoms. The smallest absolute Gasteiger partial charge is 0.412 e. The maximum Gasteiger partial charge on any atom is 0.412 e. The highest BCUT2D eigenvalue weighted by Gasteiger charge is 2.26. The highest BCUT2D eigenvalue weighted by atomic mass is 16.6. The quantitative estimate of drug-likeness (QED) is 0.780. The Kier molecular flexibility index (Phi) is 6.68. The van der Waals surface area contributed by atoms with Crippen molar-refractivity contribution in [1.29, 1.82) is 0 Å². The normalized spacial score (nSPS) is 14.7. The number of anilines is 1. The largest absolute Gasteiger partial charge is 0.453 e. The SMILES string of the molecule is COC(=O)N1CCCN(C(=O)c2cc3ccccc3cc2NC(=O)OC(C)(C)C)CC1. The monoisotopic (exact) mass is 427 g/mol. The molecule has 1 heterocycles. The highest BCUT2D eigenvalue weighted by Crippen LogP contribution is 2.26. The maximum atomic E-state index is 13.4. The number of carbonyl (C=O) groups excluding carboxylic acids is 3. The topological polar surface area (TPSA) is 88.2 Å². The van der Waals surface area contributed by atoms with E-state index in [0.29, 0.717) is 43.9 Å². The van der Waals surface area contributed by atoms with Gasteiger partial charge in [-0.25, -0.2) is 9.59 Å². The van der Waals surface area contributed by atoms with E-state index in [4.69, 9.17) is 9.47 Å². The van der Waals surface area contributed by atoms with E-state index in [2.05, 4.69) is 5.32 Å². The van der Waals surface area contributed by atoms with Gasteiger partial charge in [0.1, 0.15) is 5.60 Å². The lowest BCUT2D eigenvalue weighted by Crippen LogP contribution is -2.37. The fourth-order valence-electron chi connectivity index (χ4n) is 3.54. The zero-order chi connectivity index (χ0) is 22.6. The van der Waals surface area contributed by atoms with Crippen LogP contribution in [0.5, 0.6) is 0 Å². The maximum absolute atomic E-state index is 13.4. The van der Waals surface area contributed by atoms with E-state index in [1.165, 1.54) is 7.11 Å². The number of nitrogens with zero attached hydrogens (tertiary/aromatic N) is 2. The molecule has 0 bridgehead atoms. The minimum absolute atomic E-state index is 0.205. The van der Waals surface area contributed by atoms with E-state index in [1.54, 1.807) is 42.7 Å². The standard InChI is InChI=1S/C23H29N3O5/c1-23(2,3)31-21(28)24-19-15-17-9-6-5-8-16(17)14-18(19)20(27)25-10-7-11-26(13-12-25)22(29)30-4/h5-6,8-9,14-15H,7,10-13H2,1-4H3,(H,24,28). The van der Waals surface area contributed by atoms with Crippen molar-refractivity contribution in [3.63, 3.8) is 0 Å². The zero-order valence-corrected chi connectivity index (χ0v) is 18.4. The number of rotatable bonds is 2. The zero-order valence-electron chi connectivity index (χ0n) is 18.4. The fourth-order valence-corrected chi connectivity index (χ4v) is 3.54. The Hall–Kier alpha value is -3.29. The van der Waals surface area contributed by atoms with Gasteiger partial charge in [0.15, 0.2) is 0 Å². The molecule has 3 amide bonds. The lowest BCUT2D eigenvalue weighted by Gasteiger charge is -2.24. The number of amides is 3. The lowest BCUT2D eigenvalue weighted by molar-refractivity contribution is 0.0635. The summed E-state index contributed by atoms with van der Waals surface area (Å²) in [5.41, 5.74) is 0.121. The Morgan fingerprint density at radius 2 is 1.55 bits per heavy atom. The predicted molar refractivity (Wildman–Crippen MR) is 118 cm³/mol. The first kappa shape index (κ1) is 22.4. The molecule has 3 rings (SSSR count). The number of hydrogen-bond acceptors (Lipinski definition) is 5. The van der Waals surface area contributed by atoms with Crippen molar-refractivity contribution in [2.45, 2.75) is 32.8 Å². The molecular formula is C23H29N3O5. The van der Waals surface area contributed by atoms with Crippen LogP contribution in [0.2, 0.25) is 0 Å². The van der Waals surface area contributed by atoms with Gasteiger partial charge < -0.3 is 19.3 Å². The summed E-state index contributed by atoms with van der Waals surface area (Å²) in [5, 5.41) is 4.53. The number of hydrogen-bond donors (Lipinski definition) is 1. The Bertz CT molecular complexity index is 983. The summed E-state index contributed by atoms with van der Waals surface area (Å²) in [6.07, 6.45) is -0.375. The molecule has 0 unspecified atom stereocenters. The Morgan fingerprint density at radius 1 is 0.935 bits per heavy atom. The second-order valence-electron chi connectivity index (χ2n) is 8.47. The Balaban J connectivity index is 1.89. The summed E-state index contributed by atoms with van der Waals surface area (Å²) < 4.78 is 10.2. The molecule has 1 aliphatic rings. The van der Waals surface area contributed by atoms with Crippen molar-refractivity contribution in [2.75, 3.05) is 38.6 Å².